The maximum atomic E-state index is 12.3. The lowest BCUT2D eigenvalue weighted by molar-refractivity contribution is -0.159. The molecule has 5 nitrogen and oxygen atoms in total. The van der Waals surface area contributed by atoms with Gasteiger partial charge in [-0.3, -0.25) is 0 Å². The Morgan fingerprint density at radius 2 is 1.70 bits per heavy atom. The number of carboxylic acid groups (broad SMARTS) is 2. The normalized spacial score (nSPS) is 10.4. The van der Waals surface area contributed by atoms with Crippen LogP contribution in [0.25, 0.3) is 0 Å². The van der Waals surface area contributed by atoms with Crippen molar-refractivity contribution >= 4 is 11.9 Å². The summed E-state index contributed by atoms with van der Waals surface area (Å²) < 4.78 is 36.8. The molecule has 0 saturated carbocycles. The summed E-state index contributed by atoms with van der Waals surface area (Å²) in [6.07, 6.45) is -2.94. The summed E-state index contributed by atoms with van der Waals surface area (Å²) in [7, 11) is 0. The molecule has 0 spiro atoms. The van der Waals surface area contributed by atoms with Gasteiger partial charge in [0, 0.05) is 0 Å². The maximum Gasteiger partial charge on any atom is 0.416 e. The number of hydrogen-bond donors (Lipinski definition) is 3. The van der Waals surface area contributed by atoms with Crippen molar-refractivity contribution in [2.24, 2.45) is 5.73 Å². The van der Waals surface area contributed by atoms with Gasteiger partial charge in [-0.2, -0.15) is 13.2 Å². The number of carboxylic acids is 2. The molecule has 1 aromatic rings. The van der Waals surface area contributed by atoms with Gasteiger partial charge in [-0.1, -0.05) is 18.2 Å². The smallest absolute Gasteiger partial charge is 0.416 e. The first-order valence-electron chi connectivity index (χ1n) is 5.51. The summed E-state index contributed by atoms with van der Waals surface area (Å²) in [4.78, 5) is 18.2. The van der Waals surface area contributed by atoms with E-state index in [0.717, 1.165) is 6.07 Å². The van der Waals surface area contributed by atoms with Crippen molar-refractivity contribution in [1.29, 1.82) is 0 Å². The van der Waals surface area contributed by atoms with Crippen LogP contribution in [0.5, 0.6) is 0 Å². The van der Waals surface area contributed by atoms with E-state index in [9.17, 15) is 13.2 Å². The lowest BCUT2D eigenvalue weighted by Gasteiger charge is -2.08. The Morgan fingerprint density at radius 1 is 1.15 bits per heavy atom. The third-order valence-electron chi connectivity index (χ3n) is 2.11. The molecule has 1 rings (SSSR count). The van der Waals surface area contributed by atoms with E-state index in [1.807, 2.05) is 0 Å². The highest BCUT2D eigenvalue weighted by molar-refractivity contribution is 6.27. The van der Waals surface area contributed by atoms with Crippen LogP contribution in [-0.4, -0.2) is 28.7 Å². The van der Waals surface area contributed by atoms with Crippen LogP contribution in [0.4, 0.5) is 13.2 Å². The molecular weight excluding hydrogens is 279 g/mol. The SMILES string of the molecule is NCCCc1cccc(C(F)(F)F)c1.O=C(O)C(=O)O. The third-order valence-corrected chi connectivity index (χ3v) is 2.11. The number of alkyl halides is 3. The first-order chi connectivity index (χ1) is 9.18. The standard InChI is InChI=1S/C10H12F3N.C2H2O4/c11-10(12,13)9-5-1-3-8(7-9)4-2-6-14;3-1(4)2(5)6/h1,3,5,7H,2,4,6,14H2;(H,3,4)(H,5,6). The van der Waals surface area contributed by atoms with Gasteiger partial charge in [-0.05, 0) is 31.0 Å². The number of nitrogens with two attached hydrogens (primary N) is 1. The molecule has 112 valence electrons. The molecule has 0 saturated heterocycles. The van der Waals surface area contributed by atoms with E-state index in [4.69, 9.17) is 25.5 Å². The number of carbonyl (C=O) groups is 2. The summed E-state index contributed by atoms with van der Waals surface area (Å²) in [5.41, 5.74) is 5.37. The number of aryl methyl sites for hydroxylation is 1. The summed E-state index contributed by atoms with van der Waals surface area (Å²) in [6.45, 7) is 0.496. The Balaban J connectivity index is 0.000000511. The van der Waals surface area contributed by atoms with Gasteiger partial charge < -0.3 is 15.9 Å². The minimum atomic E-state index is -4.25. The van der Waals surface area contributed by atoms with Gasteiger partial charge in [0.05, 0.1) is 5.56 Å². The molecule has 0 atom stereocenters. The second kappa shape index (κ2) is 8.16. The quantitative estimate of drug-likeness (QED) is 0.737. The van der Waals surface area contributed by atoms with E-state index < -0.39 is 23.7 Å². The average molecular weight is 293 g/mol. The van der Waals surface area contributed by atoms with Crippen LogP contribution in [0.1, 0.15) is 17.5 Å². The van der Waals surface area contributed by atoms with Crippen LogP contribution in [0, 0.1) is 0 Å². The number of aliphatic carboxylic acids is 2. The molecule has 0 amide bonds. The summed E-state index contributed by atoms with van der Waals surface area (Å²) in [6, 6.07) is 5.36. The van der Waals surface area contributed by atoms with E-state index in [2.05, 4.69) is 0 Å². The number of benzene rings is 1. The van der Waals surface area contributed by atoms with Crippen molar-refractivity contribution < 1.29 is 33.0 Å². The molecule has 0 bridgehead atoms. The van der Waals surface area contributed by atoms with Crippen molar-refractivity contribution in [1.82, 2.24) is 0 Å². The number of rotatable bonds is 3. The van der Waals surface area contributed by atoms with Crippen molar-refractivity contribution in [2.75, 3.05) is 6.54 Å². The second-order valence-corrected chi connectivity index (χ2v) is 3.70. The summed E-state index contributed by atoms with van der Waals surface area (Å²) in [5, 5.41) is 14.8. The van der Waals surface area contributed by atoms with Crippen LogP contribution < -0.4 is 5.73 Å². The van der Waals surface area contributed by atoms with Gasteiger partial charge in [-0.15, -0.1) is 0 Å². The van der Waals surface area contributed by atoms with Crippen LogP contribution >= 0.6 is 0 Å². The minimum Gasteiger partial charge on any atom is -0.473 e. The van der Waals surface area contributed by atoms with Crippen LogP contribution in [0.2, 0.25) is 0 Å². The topological polar surface area (TPSA) is 101 Å². The molecule has 0 aliphatic carbocycles. The fraction of sp³-hybridized carbons (Fsp3) is 0.333. The largest absolute Gasteiger partial charge is 0.473 e. The first-order valence-corrected chi connectivity index (χ1v) is 5.51. The molecule has 0 radical (unpaired) electrons. The molecule has 0 aliphatic rings. The Morgan fingerprint density at radius 3 is 2.10 bits per heavy atom. The van der Waals surface area contributed by atoms with Gasteiger partial charge >= 0.3 is 18.1 Å². The van der Waals surface area contributed by atoms with Crippen molar-refractivity contribution in [2.45, 2.75) is 19.0 Å². The lowest BCUT2D eigenvalue weighted by atomic mass is 10.1. The zero-order valence-electron chi connectivity index (χ0n) is 10.4. The van der Waals surface area contributed by atoms with Crippen molar-refractivity contribution in [3.05, 3.63) is 35.4 Å². The molecule has 0 fully saturated rings. The Kier molecular flexibility index (Phi) is 7.30. The van der Waals surface area contributed by atoms with Crippen molar-refractivity contribution in [3.8, 4) is 0 Å². The molecule has 0 unspecified atom stereocenters. The monoisotopic (exact) mass is 293 g/mol. The van der Waals surface area contributed by atoms with Gasteiger partial charge in [0.2, 0.25) is 0 Å². The molecule has 0 aliphatic heterocycles. The first kappa shape index (κ1) is 17.9. The molecule has 0 aromatic heterocycles. The molecule has 4 N–H and O–H groups in total. The fourth-order valence-corrected chi connectivity index (χ4v) is 1.21. The molecule has 8 heteroatoms. The van der Waals surface area contributed by atoms with Crippen LogP contribution in [0.15, 0.2) is 24.3 Å². The average Bonchev–Trinajstić information content (AvgIpc) is 2.36. The highest BCUT2D eigenvalue weighted by Crippen LogP contribution is 2.29. The Labute approximate surface area is 112 Å². The van der Waals surface area contributed by atoms with Gasteiger partial charge in [0.25, 0.3) is 0 Å². The van der Waals surface area contributed by atoms with Gasteiger partial charge in [-0.25, -0.2) is 9.59 Å². The minimum absolute atomic E-state index is 0.496. The van der Waals surface area contributed by atoms with E-state index in [0.29, 0.717) is 24.9 Å². The zero-order chi connectivity index (χ0) is 15.8. The Bertz CT molecular complexity index is 448. The predicted molar refractivity (Wildman–Crippen MR) is 64.1 cm³/mol. The Hall–Kier alpha value is -2.09. The van der Waals surface area contributed by atoms with Crippen LogP contribution in [0.3, 0.4) is 0 Å². The highest BCUT2D eigenvalue weighted by Gasteiger charge is 2.30. The molecular formula is C12H14F3NO4. The predicted octanol–water partition coefficient (Wildman–Crippen LogP) is 1.75. The van der Waals surface area contributed by atoms with E-state index in [-0.39, 0.29) is 0 Å². The molecule has 20 heavy (non-hydrogen) atoms. The number of hydrogen-bond acceptors (Lipinski definition) is 3. The molecule has 0 heterocycles. The van der Waals surface area contributed by atoms with E-state index in [1.54, 1.807) is 6.07 Å². The zero-order valence-corrected chi connectivity index (χ0v) is 10.4. The van der Waals surface area contributed by atoms with Crippen molar-refractivity contribution in [3.63, 3.8) is 0 Å². The lowest BCUT2D eigenvalue weighted by Crippen LogP contribution is -2.09. The summed E-state index contributed by atoms with van der Waals surface area (Å²) in [5.74, 6) is -3.65. The van der Waals surface area contributed by atoms with Gasteiger partial charge in [0.1, 0.15) is 0 Å². The summed E-state index contributed by atoms with van der Waals surface area (Å²) >= 11 is 0. The van der Waals surface area contributed by atoms with E-state index >= 15 is 0 Å². The third kappa shape index (κ3) is 7.37. The van der Waals surface area contributed by atoms with Crippen LogP contribution in [-0.2, 0) is 22.2 Å². The maximum absolute atomic E-state index is 12.3. The van der Waals surface area contributed by atoms with E-state index in [1.165, 1.54) is 12.1 Å². The number of halogens is 3. The second-order valence-electron chi connectivity index (χ2n) is 3.70. The highest BCUT2D eigenvalue weighted by atomic mass is 19.4. The fourth-order valence-electron chi connectivity index (χ4n) is 1.21. The molecule has 1 aromatic carbocycles. The van der Waals surface area contributed by atoms with Gasteiger partial charge in [0.15, 0.2) is 0 Å².